The van der Waals surface area contributed by atoms with E-state index in [1.807, 2.05) is 0 Å². The van der Waals surface area contributed by atoms with E-state index < -0.39 is 23.3 Å². The van der Waals surface area contributed by atoms with Gasteiger partial charge in [0, 0.05) is 12.5 Å². The summed E-state index contributed by atoms with van der Waals surface area (Å²) in [5.74, 6) is -1.23. The number of amides is 3. The molecule has 0 aromatic rings. The first kappa shape index (κ1) is 16.5. The van der Waals surface area contributed by atoms with E-state index in [0.717, 1.165) is 19.3 Å². The van der Waals surface area contributed by atoms with E-state index in [4.69, 9.17) is 5.11 Å². The molecular weight excluding hydrogens is 260 g/mol. The molecule has 1 aliphatic carbocycles. The van der Waals surface area contributed by atoms with Crippen LogP contribution in [-0.2, 0) is 9.59 Å². The van der Waals surface area contributed by atoms with Gasteiger partial charge in [-0.25, -0.2) is 4.79 Å². The number of rotatable bonds is 4. The summed E-state index contributed by atoms with van der Waals surface area (Å²) in [6, 6.07) is -0.445. The molecule has 3 amide bonds. The van der Waals surface area contributed by atoms with Crippen LogP contribution >= 0.6 is 0 Å². The van der Waals surface area contributed by atoms with Crippen molar-refractivity contribution < 1.29 is 19.5 Å². The largest absolute Gasteiger partial charge is 0.481 e. The molecule has 1 fully saturated rings. The molecule has 0 aliphatic heterocycles. The van der Waals surface area contributed by atoms with Gasteiger partial charge in [0.25, 0.3) is 0 Å². The quantitative estimate of drug-likeness (QED) is 0.734. The Morgan fingerprint density at radius 1 is 1.20 bits per heavy atom. The highest BCUT2D eigenvalue weighted by atomic mass is 16.4. The fraction of sp³-hybridized carbons (Fsp3) is 0.786. The summed E-state index contributed by atoms with van der Waals surface area (Å²) in [4.78, 5) is 34.3. The minimum absolute atomic E-state index is 0.0871. The summed E-state index contributed by atoms with van der Waals surface area (Å²) in [7, 11) is 0. The highest BCUT2D eigenvalue weighted by Gasteiger charge is 2.31. The van der Waals surface area contributed by atoms with Crippen LogP contribution in [0, 0.1) is 11.3 Å². The number of nitrogens with one attached hydrogen (secondary N) is 2. The lowest BCUT2D eigenvalue weighted by atomic mass is 9.86. The van der Waals surface area contributed by atoms with Crippen molar-refractivity contribution in [1.29, 1.82) is 0 Å². The van der Waals surface area contributed by atoms with Crippen molar-refractivity contribution in [2.45, 2.75) is 58.9 Å². The molecule has 3 N–H and O–H groups in total. The number of carboxylic acid groups (broad SMARTS) is 1. The van der Waals surface area contributed by atoms with Gasteiger partial charge in [-0.2, -0.15) is 0 Å². The van der Waals surface area contributed by atoms with E-state index in [2.05, 4.69) is 17.6 Å². The summed E-state index contributed by atoms with van der Waals surface area (Å²) < 4.78 is 0. The van der Waals surface area contributed by atoms with E-state index >= 15 is 0 Å². The minimum Gasteiger partial charge on any atom is -0.481 e. The molecule has 1 rings (SSSR count). The van der Waals surface area contributed by atoms with Gasteiger partial charge in [-0.05, 0) is 32.6 Å². The van der Waals surface area contributed by atoms with E-state index in [9.17, 15) is 14.4 Å². The molecule has 2 unspecified atom stereocenters. The van der Waals surface area contributed by atoms with Crippen LogP contribution in [0.4, 0.5) is 4.79 Å². The Labute approximate surface area is 119 Å². The SMILES string of the molecule is CC1CCCCC1NC(=O)NC(=O)CC(C)(C)C(=O)O. The van der Waals surface area contributed by atoms with Gasteiger partial charge in [-0.15, -0.1) is 0 Å². The second-order valence-corrected chi connectivity index (χ2v) is 6.26. The minimum atomic E-state index is -1.18. The first-order valence-corrected chi connectivity index (χ1v) is 7.06. The first-order chi connectivity index (χ1) is 9.22. The third-order valence-electron chi connectivity index (χ3n) is 3.86. The summed E-state index contributed by atoms with van der Waals surface area (Å²) in [6.45, 7) is 4.99. The van der Waals surface area contributed by atoms with Crippen LogP contribution in [0.15, 0.2) is 0 Å². The predicted octanol–water partition coefficient (Wildman–Crippen LogP) is 1.89. The topological polar surface area (TPSA) is 95.5 Å². The van der Waals surface area contributed by atoms with Gasteiger partial charge < -0.3 is 10.4 Å². The maximum atomic E-state index is 11.7. The summed E-state index contributed by atoms with van der Waals surface area (Å²) in [5.41, 5.74) is -1.18. The van der Waals surface area contributed by atoms with Crippen molar-refractivity contribution in [2.75, 3.05) is 0 Å². The number of hydrogen-bond acceptors (Lipinski definition) is 3. The van der Waals surface area contributed by atoms with Crippen molar-refractivity contribution in [3.63, 3.8) is 0 Å². The Kier molecular flexibility index (Phi) is 5.53. The highest BCUT2D eigenvalue weighted by molar-refractivity contribution is 5.96. The second-order valence-electron chi connectivity index (χ2n) is 6.26. The number of carbonyl (C=O) groups is 3. The average molecular weight is 284 g/mol. The molecule has 0 spiro atoms. The van der Waals surface area contributed by atoms with Crippen LogP contribution in [0.3, 0.4) is 0 Å². The zero-order chi connectivity index (χ0) is 15.3. The number of aliphatic carboxylic acids is 1. The highest BCUT2D eigenvalue weighted by Crippen LogP contribution is 2.23. The van der Waals surface area contributed by atoms with Gasteiger partial charge in [0.1, 0.15) is 0 Å². The standard InChI is InChI=1S/C14H24N2O4/c1-9-6-4-5-7-10(9)15-13(20)16-11(17)8-14(2,3)12(18)19/h9-10H,4-8H2,1-3H3,(H,18,19)(H2,15,16,17,20). The fourth-order valence-corrected chi connectivity index (χ4v) is 2.38. The summed E-state index contributed by atoms with van der Waals surface area (Å²) >= 11 is 0. The molecule has 0 bridgehead atoms. The van der Waals surface area contributed by atoms with Gasteiger partial charge in [0.05, 0.1) is 5.41 Å². The van der Waals surface area contributed by atoms with E-state index in [1.165, 1.54) is 20.3 Å². The second kappa shape index (κ2) is 6.72. The van der Waals surface area contributed by atoms with Gasteiger partial charge in [0.2, 0.25) is 5.91 Å². The van der Waals surface area contributed by atoms with Crippen LogP contribution in [0.2, 0.25) is 0 Å². The number of carbonyl (C=O) groups excluding carboxylic acids is 2. The van der Waals surface area contributed by atoms with Gasteiger partial charge in [-0.3, -0.25) is 14.9 Å². The molecule has 0 radical (unpaired) electrons. The zero-order valence-electron chi connectivity index (χ0n) is 12.4. The van der Waals surface area contributed by atoms with Crippen LogP contribution in [0.1, 0.15) is 52.9 Å². The van der Waals surface area contributed by atoms with Crippen molar-refractivity contribution in [3.8, 4) is 0 Å². The maximum absolute atomic E-state index is 11.7. The summed E-state index contributed by atoms with van der Waals surface area (Å²) in [6.07, 6.45) is 4.02. The molecule has 114 valence electrons. The fourth-order valence-electron chi connectivity index (χ4n) is 2.38. The molecule has 0 heterocycles. The molecule has 0 aromatic carbocycles. The Balaban J connectivity index is 2.42. The van der Waals surface area contributed by atoms with Crippen LogP contribution in [-0.4, -0.2) is 29.1 Å². The molecule has 2 atom stereocenters. The number of urea groups is 1. The summed E-state index contributed by atoms with van der Waals surface area (Å²) in [5, 5.41) is 13.9. The Hall–Kier alpha value is -1.59. The molecular formula is C14H24N2O4. The smallest absolute Gasteiger partial charge is 0.321 e. The van der Waals surface area contributed by atoms with E-state index in [-0.39, 0.29) is 12.5 Å². The van der Waals surface area contributed by atoms with Gasteiger partial charge >= 0.3 is 12.0 Å². The van der Waals surface area contributed by atoms with Crippen molar-refractivity contribution >= 4 is 17.9 Å². The lowest BCUT2D eigenvalue weighted by molar-refractivity contribution is -0.149. The molecule has 0 aromatic heterocycles. The van der Waals surface area contributed by atoms with Crippen molar-refractivity contribution in [1.82, 2.24) is 10.6 Å². The average Bonchev–Trinajstić information content (AvgIpc) is 2.30. The lowest BCUT2D eigenvalue weighted by Crippen LogP contribution is -2.48. The first-order valence-electron chi connectivity index (χ1n) is 7.06. The van der Waals surface area contributed by atoms with Gasteiger partial charge in [-0.1, -0.05) is 19.8 Å². The van der Waals surface area contributed by atoms with E-state index in [1.54, 1.807) is 0 Å². The Bertz CT molecular complexity index is 393. The third kappa shape index (κ3) is 4.83. The monoisotopic (exact) mass is 284 g/mol. The Morgan fingerprint density at radius 3 is 2.35 bits per heavy atom. The molecule has 20 heavy (non-hydrogen) atoms. The zero-order valence-corrected chi connectivity index (χ0v) is 12.4. The van der Waals surface area contributed by atoms with Crippen LogP contribution in [0.25, 0.3) is 0 Å². The predicted molar refractivity (Wildman–Crippen MR) is 74.1 cm³/mol. The van der Waals surface area contributed by atoms with Crippen molar-refractivity contribution in [3.05, 3.63) is 0 Å². The van der Waals surface area contributed by atoms with Crippen molar-refractivity contribution in [2.24, 2.45) is 11.3 Å². The molecule has 1 aliphatic rings. The molecule has 6 nitrogen and oxygen atoms in total. The number of imide groups is 1. The molecule has 1 saturated carbocycles. The van der Waals surface area contributed by atoms with Crippen LogP contribution in [0.5, 0.6) is 0 Å². The van der Waals surface area contributed by atoms with Gasteiger partial charge in [0.15, 0.2) is 0 Å². The Morgan fingerprint density at radius 2 is 1.80 bits per heavy atom. The maximum Gasteiger partial charge on any atom is 0.321 e. The van der Waals surface area contributed by atoms with E-state index in [0.29, 0.717) is 5.92 Å². The number of hydrogen-bond donors (Lipinski definition) is 3. The third-order valence-corrected chi connectivity index (χ3v) is 3.86. The molecule has 0 saturated heterocycles. The number of carboxylic acids is 1. The van der Waals surface area contributed by atoms with Crippen LogP contribution < -0.4 is 10.6 Å². The molecule has 6 heteroatoms. The normalized spacial score (nSPS) is 22.9. The lowest BCUT2D eigenvalue weighted by Gasteiger charge is -2.29.